The van der Waals surface area contributed by atoms with E-state index in [9.17, 15) is 4.79 Å². The van der Waals surface area contributed by atoms with E-state index in [4.69, 9.17) is 16.6 Å². The Hall–Kier alpha value is -3.40. The van der Waals surface area contributed by atoms with Crippen molar-refractivity contribution in [2.75, 3.05) is 0 Å². The fraction of sp³-hybridized carbons (Fsp3) is 0. The number of hydrogen-bond donors (Lipinski definition) is 1. The average molecular weight is 412 g/mol. The molecule has 0 bridgehead atoms. The molecule has 0 spiro atoms. The van der Waals surface area contributed by atoms with Gasteiger partial charge in [0.05, 0.1) is 10.5 Å². The molecular formula is C23H12N2O2S2. The first-order valence-electron chi connectivity index (χ1n) is 8.79. The van der Waals surface area contributed by atoms with Crippen molar-refractivity contribution < 1.29 is 9.21 Å². The highest BCUT2D eigenvalue weighted by atomic mass is 32.2. The summed E-state index contributed by atoms with van der Waals surface area (Å²) in [6.07, 6.45) is 5.09. The number of aromatic nitrogens is 1. The Bertz CT molecular complexity index is 1400. The van der Waals surface area contributed by atoms with Crippen LogP contribution >= 0.6 is 24.0 Å². The molecule has 1 aliphatic rings. The third-order valence-electron chi connectivity index (χ3n) is 4.48. The van der Waals surface area contributed by atoms with E-state index in [1.165, 1.54) is 11.8 Å². The number of benzene rings is 2. The van der Waals surface area contributed by atoms with Gasteiger partial charge in [0.1, 0.15) is 10.1 Å². The van der Waals surface area contributed by atoms with Crippen LogP contribution in [0.25, 0.3) is 27.8 Å². The summed E-state index contributed by atoms with van der Waals surface area (Å²) in [5, 5.41) is 5.67. The normalized spacial score (nSPS) is 15.0. The number of nitrogens with one attached hydrogen (secondary N) is 1. The van der Waals surface area contributed by atoms with E-state index >= 15 is 0 Å². The molecule has 0 aliphatic carbocycles. The monoisotopic (exact) mass is 412 g/mol. The van der Waals surface area contributed by atoms with Gasteiger partial charge in [0.25, 0.3) is 5.91 Å². The minimum absolute atomic E-state index is 0.213. The average Bonchev–Trinajstić information content (AvgIpc) is 3.28. The highest BCUT2D eigenvalue weighted by Crippen LogP contribution is 2.29. The van der Waals surface area contributed by atoms with Crippen LogP contribution in [0.1, 0.15) is 16.9 Å². The van der Waals surface area contributed by atoms with Gasteiger partial charge >= 0.3 is 0 Å². The number of fused-ring (bicyclic) bond motifs is 2. The van der Waals surface area contributed by atoms with Crippen LogP contribution in [-0.2, 0) is 4.79 Å². The van der Waals surface area contributed by atoms with Crippen LogP contribution in [-0.4, -0.2) is 15.2 Å². The highest BCUT2D eigenvalue weighted by molar-refractivity contribution is 8.26. The van der Waals surface area contributed by atoms with E-state index in [0.29, 0.717) is 26.1 Å². The number of pyridine rings is 1. The predicted octanol–water partition coefficient (Wildman–Crippen LogP) is 4.87. The molecule has 1 saturated heterocycles. The van der Waals surface area contributed by atoms with Gasteiger partial charge in [-0.2, -0.15) is 0 Å². The van der Waals surface area contributed by atoms with Crippen molar-refractivity contribution in [3.63, 3.8) is 0 Å². The second-order valence-corrected chi connectivity index (χ2v) is 8.10. The number of carbonyl (C=O) groups is 1. The molecule has 0 atom stereocenters. The molecule has 6 heteroatoms. The van der Waals surface area contributed by atoms with Crippen molar-refractivity contribution in [2.24, 2.45) is 0 Å². The van der Waals surface area contributed by atoms with Crippen molar-refractivity contribution >= 4 is 62.0 Å². The largest absolute Gasteiger partial charge is 0.455 e. The van der Waals surface area contributed by atoms with Crippen molar-refractivity contribution in [3.8, 4) is 11.8 Å². The fourth-order valence-corrected chi connectivity index (χ4v) is 4.19. The number of thioether (sulfide) groups is 1. The van der Waals surface area contributed by atoms with Gasteiger partial charge < -0.3 is 9.73 Å². The van der Waals surface area contributed by atoms with Crippen LogP contribution in [0.3, 0.4) is 0 Å². The molecule has 2 aromatic carbocycles. The van der Waals surface area contributed by atoms with Crippen molar-refractivity contribution in [2.45, 2.75) is 0 Å². The lowest BCUT2D eigenvalue weighted by Crippen LogP contribution is -2.17. The molecule has 1 N–H and O–H groups in total. The smallest absolute Gasteiger partial charge is 0.263 e. The number of thiocarbonyl (C=S) groups is 1. The number of amides is 1. The number of nitrogens with zero attached hydrogens (tertiary/aromatic N) is 1. The Labute approximate surface area is 176 Å². The topological polar surface area (TPSA) is 55.1 Å². The van der Waals surface area contributed by atoms with Gasteiger partial charge in [0.2, 0.25) is 0 Å². The summed E-state index contributed by atoms with van der Waals surface area (Å²) in [6, 6.07) is 16.0. The lowest BCUT2D eigenvalue weighted by Gasteiger charge is -1.99. The molecule has 4 aromatic rings. The van der Waals surface area contributed by atoms with Gasteiger partial charge in [-0.15, -0.1) is 0 Å². The first kappa shape index (κ1) is 17.7. The van der Waals surface area contributed by atoms with Crippen LogP contribution in [0.2, 0.25) is 0 Å². The lowest BCUT2D eigenvalue weighted by atomic mass is 10.0. The van der Waals surface area contributed by atoms with Gasteiger partial charge in [-0.25, -0.2) is 0 Å². The lowest BCUT2D eigenvalue weighted by molar-refractivity contribution is -0.115. The number of hydrogen-bond acceptors (Lipinski definition) is 5. The van der Waals surface area contributed by atoms with E-state index in [1.54, 1.807) is 18.5 Å². The third kappa shape index (κ3) is 3.42. The van der Waals surface area contributed by atoms with Crippen LogP contribution in [0.5, 0.6) is 0 Å². The molecule has 0 radical (unpaired) electrons. The van der Waals surface area contributed by atoms with E-state index in [-0.39, 0.29) is 5.91 Å². The third-order valence-corrected chi connectivity index (χ3v) is 5.64. The van der Waals surface area contributed by atoms with Crippen LogP contribution in [0.15, 0.2) is 70.2 Å². The highest BCUT2D eigenvalue weighted by Gasteiger charge is 2.22. The standard InChI is InChI=1S/C23H12N2O2S2/c26-22-20(29-23(28)25-22)11-18-10-17-13-24-12-16(21(17)27-18)9-8-15-6-3-5-14-4-1-2-7-19(14)15/h1-7,10-13H,(H,25,26,28). The van der Waals surface area contributed by atoms with Crippen LogP contribution in [0, 0.1) is 11.8 Å². The Morgan fingerprint density at radius 3 is 2.72 bits per heavy atom. The number of carbonyl (C=O) groups excluding carboxylic acids is 1. The molecule has 138 valence electrons. The quantitative estimate of drug-likeness (QED) is 0.275. The fourth-order valence-electron chi connectivity index (χ4n) is 3.16. The zero-order valence-electron chi connectivity index (χ0n) is 14.9. The first-order chi connectivity index (χ1) is 14.2. The summed E-state index contributed by atoms with van der Waals surface area (Å²) >= 11 is 6.24. The molecule has 4 nitrogen and oxygen atoms in total. The van der Waals surface area contributed by atoms with E-state index in [1.807, 2.05) is 30.3 Å². The summed E-state index contributed by atoms with van der Waals surface area (Å²) in [6.45, 7) is 0. The summed E-state index contributed by atoms with van der Waals surface area (Å²) in [7, 11) is 0. The molecule has 5 rings (SSSR count). The SMILES string of the molecule is O=C1NC(=S)SC1=Cc1cc2cncc(C#Cc3cccc4ccccc34)c2o1. The van der Waals surface area contributed by atoms with Crippen molar-refractivity contribution in [1.82, 2.24) is 10.3 Å². The molecule has 2 aromatic heterocycles. The Balaban J connectivity index is 1.56. The molecule has 3 heterocycles. The molecule has 1 fully saturated rings. The maximum absolute atomic E-state index is 11.9. The van der Waals surface area contributed by atoms with Gasteiger partial charge in [-0.3, -0.25) is 9.78 Å². The molecule has 1 aliphatic heterocycles. The molecular weight excluding hydrogens is 400 g/mol. The van der Waals surface area contributed by atoms with E-state index in [2.05, 4.69) is 40.3 Å². The minimum atomic E-state index is -0.213. The second kappa shape index (κ2) is 7.21. The number of furan rings is 1. The zero-order chi connectivity index (χ0) is 19.8. The predicted molar refractivity (Wildman–Crippen MR) is 120 cm³/mol. The second-order valence-electron chi connectivity index (χ2n) is 6.38. The maximum atomic E-state index is 11.9. The maximum Gasteiger partial charge on any atom is 0.263 e. The van der Waals surface area contributed by atoms with Crippen LogP contribution < -0.4 is 5.32 Å². The number of rotatable bonds is 1. The van der Waals surface area contributed by atoms with Gasteiger partial charge in [-0.05, 0) is 22.9 Å². The summed E-state index contributed by atoms with van der Waals surface area (Å²) in [5.74, 6) is 6.77. The van der Waals surface area contributed by atoms with Gasteiger partial charge in [-0.1, -0.05) is 72.2 Å². The Kier molecular flexibility index (Phi) is 4.39. The van der Waals surface area contributed by atoms with Crippen LogP contribution in [0.4, 0.5) is 0 Å². The molecule has 0 saturated carbocycles. The summed E-state index contributed by atoms with van der Waals surface area (Å²) in [5.41, 5.74) is 2.28. The Morgan fingerprint density at radius 2 is 1.86 bits per heavy atom. The summed E-state index contributed by atoms with van der Waals surface area (Å²) in [4.78, 5) is 16.6. The van der Waals surface area contributed by atoms with Gasteiger partial charge in [0, 0.05) is 29.4 Å². The van der Waals surface area contributed by atoms with Gasteiger partial charge in [0.15, 0.2) is 5.58 Å². The van der Waals surface area contributed by atoms with E-state index < -0.39 is 0 Å². The Morgan fingerprint density at radius 1 is 1.03 bits per heavy atom. The molecule has 29 heavy (non-hydrogen) atoms. The molecule has 0 unspecified atom stereocenters. The molecule has 1 amide bonds. The zero-order valence-corrected chi connectivity index (χ0v) is 16.6. The summed E-state index contributed by atoms with van der Waals surface area (Å²) < 4.78 is 6.41. The minimum Gasteiger partial charge on any atom is -0.455 e. The first-order valence-corrected chi connectivity index (χ1v) is 10.0. The van der Waals surface area contributed by atoms with Crippen molar-refractivity contribution in [3.05, 3.63) is 82.7 Å². The van der Waals surface area contributed by atoms with Crippen molar-refractivity contribution in [1.29, 1.82) is 0 Å². The van der Waals surface area contributed by atoms with E-state index in [0.717, 1.165) is 21.7 Å².